The van der Waals surface area contributed by atoms with E-state index in [1.165, 1.54) is 6.21 Å². The molecule has 5 heteroatoms. The molecular formula is C17H20N4O. The minimum absolute atomic E-state index is 0.238. The average molecular weight is 296 g/mol. The molecule has 1 heterocycles. The molecule has 1 N–H and O–H groups in total. The lowest BCUT2D eigenvalue weighted by Gasteiger charge is -2.20. The Balaban J connectivity index is 1.97. The van der Waals surface area contributed by atoms with Crippen molar-refractivity contribution >= 4 is 17.8 Å². The van der Waals surface area contributed by atoms with Crippen LogP contribution >= 0.6 is 0 Å². The molecule has 0 spiro atoms. The predicted molar refractivity (Wildman–Crippen MR) is 89.3 cm³/mol. The highest BCUT2D eigenvalue weighted by Gasteiger charge is 2.06. The van der Waals surface area contributed by atoms with Gasteiger partial charge in [0.2, 0.25) is 0 Å². The molecule has 0 aliphatic carbocycles. The van der Waals surface area contributed by atoms with Gasteiger partial charge in [-0.3, -0.25) is 9.78 Å². The summed E-state index contributed by atoms with van der Waals surface area (Å²) in [7, 11) is 0. The number of amides is 1. The SMILES string of the molecule is CCN(CC)c1ccc(C(=O)N/N=C\c2ccccn2)cc1. The van der Waals surface area contributed by atoms with Crippen LogP contribution in [0.4, 0.5) is 5.69 Å². The Hall–Kier alpha value is -2.69. The number of hydrogen-bond donors (Lipinski definition) is 1. The van der Waals surface area contributed by atoms with Gasteiger partial charge < -0.3 is 4.90 Å². The van der Waals surface area contributed by atoms with Gasteiger partial charge in [-0.15, -0.1) is 0 Å². The maximum atomic E-state index is 12.0. The fourth-order valence-corrected chi connectivity index (χ4v) is 2.09. The molecule has 22 heavy (non-hydrogen) atoms. The van der Waals surface area contributed by atoms with Crippen molar-refractivity contribution in [2.24, 2.45) is 5.10 Å². The van der Waals surface area contributed by atoms with E-state index >= 15 is 0 Å². The van der Waals surface area contributed by atoms with Crippen molar-refractivity contribution in [3.8, 4) is 0 Å². The second kappa shape index (κ2) is 7.93. The number of hydrogen-bond acceptors (Lipinski definition) is 4. The smallest absolute Gasteiger partial charge is 0.271 e. The third-order valence-electron chi connectivity index (χ3n) is 3.31. The first-order chi connectivity index (χ1) is 10.7. The maximum absolute atomic E-state index is 12.0. The summed E-state index contributed by atoms with van der Waals surface area (Å²) < 4.78 is 0. The van der Waals surface area contributed by atoms with Gasteiger partial charge in [-0.1, -0.05) is 6.07 Å². The van der Waals surface area contributed by atoms with E-state index in [-0.39, 0.29) is 5.91 Å². The fourth-order valence-electron chi connectivity index (χ4n) is 2.09. The zero-order chi connectivity index (χ0) is 15.8. The fraction of sp³-hybridized carbons (Fsp3) is 0.235. The molecule has 0 bridgehead atoms. The first kappa shape index (κ1) is 15.7. The molecule has 0 saturated heterocycles. The van der Waals surface area contributed by atoms with Crippen LogP contribution in [0, 0.1) is 0 Å². The predicted octanol–water partition coefficient (Wildman–Crippen LogP) is 2.69. The molecule has 0 unspecified atom stereocenters. The van der Waals surface area contributed by atoms with Crippen LogP contribution in [0.15, 0.2) is 53.8 Å². The molecule has 2 aromatic rings. The molecule has 2 rings (SSSR count). The zero-order valence-corrected chi connectivity index (χ0v) is 12.9. The van der Waals surface area contributed by atoms with Crippen molar-refractivity contribution in [2.45, 2.75) is 13.8 Å². The van der Waals surface area contributed by atoms with E-state index in [0.29, 0.717) is 11.3 Å². The first-order valence-electron chi connectivity index (χ1n) is 7.34. The lowest BCUT2D eigenvalue weighted by Crippen LogP contribution is -2.22. The summed E-state index contributed by atoms with van der Waals surface area (Å²) >= 11 is 0. The van der Waals surface area contributed by atoms with E-state index in [1.54, 1.807) is 18.3 Å². The van der Waals surface area contributed by atoms with Crippen LogP contribution < -0.4 is 10.3 Å². The largest absolute Gasteiger partial charge is 0.372 e. The van der Waals surface area contributed by atoms with Gasteiger partial charge in [0.1, 0.15) is 0 Å². The van der Waals surface area contributed by atoms with Gasteiger partial charge in [0.05, 0.1) is 11.9 Å². The maximum Gasteiger partial charge on any atom is 0.271 e. The minimum atomic E-state index is -0.238. The molecule has 0 atom stereocenters. The van der Waals surface area contributed by atoms with Crippen molar-refractivity contribution in [3.05, 3.63) is 59.9 Å². The highest BCUT2D eigenvalue weighted by atomic mass is 16.2. The Morgan fingerprint density at radius 1 is 1.18 bits per heavy atom. The average Bonchev–Trinajstić information content (AvgIpc) is 2.57. The first-order valence-corrected chi connectivity index (χ1v) is 7.34. The number of pyridine rings is 1. The topological polar surface area (TPSA) is 57.6 Å². The second-order valence-electron chi connectivity index (χ2n) is 4.67. The van der Waals surface area contributed by atoms with Crippen molar-refractivity contribution < 1.29 is 4.79 Å². The third-order valence-corrected chi connectivity index (χ3v) is 3.31. The van der Waals surface area contributed by atoms with E-state index in [0.717, 1.165) is 18.8 Å². The molecule has 1 aromatic heterocycles. The van der Waals surface area contributed by atoms with Crippen molar-refractivity contribution in [1.29, 1.82) is 0 Å². The van der Waals surface area contributed by atoms with Gasteiger partial charge in [0.25, 0.3) is 5.91 Å². The highest BCUT2D eigenvalue weighted by molar-refractivity contribution is 5.95. The van der Waals surface area contributed by atoms with Crippen LogP contribution in [0.5, 0.6) is 0 Å². The van der Waals surface area contributed by atoms with Gasteiger partial charge >= 0.3 is 0 Å². The number of hydrazone groups is 1. The lowest BCUT2D eigenvalue weighted by atomic mass is 10.2. The third kappa shape index (κ3) is 4.15. The van der Waals surface area contributed by atoms with Gasteiger partial charge in [-0.2, -0.15) is 5.10 Å². The van der Waals surface area contributed by atoms with Crippen LogP contribution in [-0.2, 0) is 0 Å². The van der Waals surface area contributed by atoms with Gasteiger partial charge in [0.15, 0.2) is 0 Å². The summed E-state index contributed by atoms with van der Waals surface area (Å²) in [6, 6.07) is 13.0. The van der Waals surface area contributed by atoms with Crippen molar-refractivity contribution in [2.75, 3.05) is 18.0 Å². The number of aromatic nitrogens is 1. The van der Waals surface area contributed by atoms with Gasteiger partial charge in [0, 0.05) is 30.5 Å². The quantitative estimate of drug-likeness (QED) is 0.658. The van der Waals surface area contributed by atoms with E-state index < -0.39 is 0 Å². The van der Waals surface area contributed by atoms with E-state index in [9.17, 15) is 4.79 Å². The van der Waals surface area contributed by atoms with Crippen LogP contribution in [0.3, 0.4) is 0 Å². The molecule has 0 aliphatic rings. The van der Waals surface area contributed by atoms with E-state index in [4.69, 9.17) is 0 Å². The van der Waals surface area contributed by atoms with Crippen LogP contribution in [0.2, 0.25) is 0 Å². The monoisotopic (exact) mass is 296 g/mol. The summed E-state index contributed by atoms with van der Waals surface area (Å²) in [5.41, 5.74) is 4.88. The normalized spacial score (nSPS) is 10.6. The Labute approximate surface area is 130 Å². The molecule has 0 saturated carbocycles. The van der Waals surface area contributed by atoms with E-state index in [1.807, 2.05) is 30.3 Å². The minimum Gasteiger partial charge on any atom is -0.372 e. The van der Waals surface area contributed by atoms with E-state index in [2.05, 4.69) is 34.3 Å². The Kier molecular flexibility index (Phi) is 5.65. The highest BCUT2D eigenvalue weighted by Crippen LogP contribution is 2.14. The Bertz CT molecular complexity index is 619. The Morgan fingerprint density at radius 3 is 2.50 bits per heavy atom. The molecule has 5 nitrogen and oxygen atoms in total. The Morgan fingerprint density at radius 2 is 1.91 bits per heavy atom. The molecule has 0 fully saturated rings. The summed E-state index contributed by atoms with van der Waals surface area (Å²) in [4.78, 5) is 18.3. The molecule has 1 aromatic carbocycles. The number of anilines is 1. The molecule has 0 radical (unpaired) electrons. The second-order valence-corrected chi connectivity index (χ2v) is 4.67. The summed E-state index contributed by atoms with van der Waals surface area (Å²) in [6.07, 6.45) is 3.19. The number of nitrogens with one attached hydrogen (secondary N) is 1. The number of carbonyl (C=O) groups excluding carboxylic acids is 1. The van der Waals surface area contributed by atoms with Crippen molar-refractivity contribution in [1.82, 2.24) is 10.4 Å². The van der Waals surface area contributed by atoms with Crippen LogP contribution in [0.25, 0.3) is 0 Å². The van der Waals surface area contributed by atoms with Gasteiger partial charge in [-0.25, -0.2) is 5.43 Å². The zero-order valence-electron chi connectivity index (χ0n) is 12.9. The van der Waals surface area contributed by atoms with Gasteiger partial charge in [-0.05, 0) is 50.2 Å². The van der Waals surface area contributed by atoms with Crippen LogP contribution in [-0.4, -0.2) is 30.2 Å². The summed E-state index contributed by atoms with van der Waals surface area (Å²) in [6.45, 7) is 6.10. The number of rotatable bonds is 6. The summed E-state index contributed by atoms with van der Waals surface area (Å²) in [5.74, 6) is -0.238. The number of nitrogens with zero attached hydrogens (tertiary/aromatic N) is 3. The lowest BCUT2D eigenvalue weighted by molar-refractivity contribution is 0.0955. The molecular weight excluding hydrogens is 276 g/mol. The molecule has 1 amide bonds. The standard InChI is InChI=1S/C17H20N4O/c1-3-21(4-2)16-10-8-14(9-11-16)17(22)20-19-13-15-7-5-6-12-18-15/h5-13H,3-4H2,1-2H3,(H,20,22)/b19-13-. The number of carbonyl (C=O) groups is 1. The molecule has 0 aliphatic heterocycles. The number of benzene rings is 1. The van der Waals surface area contributed by atoms with Crippen molar-refractivity contribution in [3.63, 3.8) is 0 Å². The summed E-state index contributed by atoms with van der Waals surface area (Å²) in [5, 5.41) is 3.91. The molecule has 114 valence electrons. The van der Waals surface area contributed by atoms with Crippen LogP contribution in [0.1, 0.15) is 29.9 Å².